The Kier molecular flexibility index (Phi) is 2.97. The zero-order valence-electron chi connectivity index (χ0n) is 11.0. The van der Waals surface area contributed by atoms with Crippen molar-refractivity contribution in [1.82, 2.24) is 5.32 Å². The highest BCUT2D eigenvalue weighted by atomic mass is 79.9. The summed E-state index contributed by atoms with van der Waals surface area (Å²) < 4.78 is 0.753. The number of rotatable bonds is 2. The van der Waals surface area contributed by atoms with Crippen molar-refractivity contribution in [3.63, 3.8) is 0 Å². The summed E-state index contributed by atoms with van der Waals surface area (Å²) in [7, 11) is 0. The van der Waals surface area contributed by atoms with Gasteiger partial charge in [0.05, 0.1) is 5.56 Å². The zero-order chi connectivity index (χ0) is 13.7. The monoisotopic (exact) mass is 311 g/mol. The third kappa shape index (κ3) is 1.92. The van der Waals surface area contributed by atoms with Crippen molar-refractivity contribution in [3.05, 3.63) is 28.2 Å². The van der Waals surface area contributed by atoms with Crippen LogP contribution in [0.1, 0.15) is 38.1 Å². The molecule has 4 heteroatoms. The van der Waals surface area contributed by atoms with Crippen LogP contribution in [-0.4, -0.2) is 17.1 Å². The van der Waals surface area contributed by atoms with Gasteiger partial charge >= 0.3 is 0 Å². The van der Waals surface area contributed by atoms with E-state index < -0.39 is 0 Å². The summed E-state index contributed by atoms with van der Waals surface area (Å²) in [5, 5.41) is 12.8. The number of carbonyl (C=O) groups is 1. The molecule has 1 aromatic carbocycles. The smallest absolute Gasteiger partial charge is 0.255 e. The van der Waals surface area contributed by atoms with Gasteiger partial charge in [-0.05, 0) is 29.0 Å². The van der Waals surface area contributed by atoms with Gasteiger partial charge in [0.1, 0.15) is 5.75 Å². The van der Waals surface area contributed by atoms with Gasteiger partial charge in [0, 0.05) is 10.5 Å². The first-order valence-electron chi connectivity index (χ1n) is 5.97. The van der Waals surface area contributed by atoms with Gasteiger partial charge in [-0.25, -0.2) is 0 Å². The zero-order valence-corrected chi connectivity index (χ0v) is 12.6. The molecule has 0 spiro atoms. The van der Waals surface area contributed by atoms with E-state index in [2.05, 4.69) is 48.9 Å². The lowest BCUT2D eigenvalue weighted by molar-refractivity contribution is 0.0941. The van der Waals surface area contributed by atoms with Crippen molar-refractivity contribution in [2.24, 2.45) is 10.8 Å². The molecule has 18 heavy (non-hydrogen) atoms. The Bertz CT molecular complexity index is 495. The van der Waals surface area contributed by atoms with Crippen LogP contribution in [0.25, 0.3) is 0 Å². The van der Waals surface area contributed by atoms with Crippen LogP contribution >= 0.6 is 15.9 Å². The molecule has 0 aliphatic heterocycles. The lowest BCUT2D eigenvalue weighted by Gasteiger charge is -2.08. The number of hydrogen-bond donors (Lipinski definition) is 2. The minimum absolute atomic E-state index is 0.00172. The predicted molar refractivity (Wildman–Crippen MR) is 74.6 cm³/mol. The Labute approximate surface area is 116 Å². The number of nitrogens with one attached hydrogen (secondary N) is 1. The molecule has 0 bridgehead atoms. The molecule has 1 amide bonds. The van der Waals surface area contributed by atoms with Crippen molar-refractivity contribution in [3.8, 4) is 5.75 Å². The van der Waals surface area contributed by atoms with E-state index in [9.17, 15) is 9.90 Å². The number of phenols is 1. The van der Waals surface area contributed by atoms with E-state index in [1.54, 1.807) is 12.1 Å². The van der Waals surface area contributed by atoms with Gasteiger partial charge in [0.25, 0.3) is 5.91 Å². The molecule has 2 N–H and O–H groups in total. The van der Waals surface area contributed by atoms with Crippen LogP contribution in [0.3, 0.4) is 0 Å². The molecule has 0 unspecified atom stereocenters. The van der Waals surface area contributed by atoms with Crippen molar-refractivity contribution >= 4 is 21.8 Å². The van der Waals surface area contributed by atoms with Crippen LogP contribution in [0.15, 0.2) is 22.7 Å². The Morgan fingerprint density at radius 2 is 1.83 bits per heavy atom. The molecule has 0 heterocycles. The molecular weight excluding hydrogens is 294 g/mol. The predicted octanol–water partition coefficient (Wildman–Crippen LogP) is 3.32. The number of hydrogen-bond acceptors (Lipinski definition) is 2. The number of carbonyl (C=O) groups excluding carboxylic acids is 1. The number of amides is 1. The van der Waals surface area contributed by atoms with Crippen LogP contribution in [-0.2, 0) is 0 Å². The van der Waals surface area contributed by atoms with Gasteiger partial charge in [0.2, 0.25) is 0 Å². The van der Waals surface area contributed by atoms with Crippen molar-refractivity contribution in [2.75, 3.05) is 0 Å². The summed E-state index contributed by atoms with van der Waals surface area (Å²) in [5.74, 6) is -0.221. The molecule has 2 rings (SSSR count). The Hall–Kier alpha value is -1.03. The summed E-state index contributed by atoms with van der Waals surface area (Å²) in [5.41, 5.74) is 0.498. The molecule has 1 aliphatic carbocycles. The number of benzene rings is 1. The van der Waals surface area contributed by atoms with Crippen LogP contribution in [0.4, 0.5) is 0 Å². The normalized spacial score (nSPS) is 20.5. The molecule has 1 saturated carbocycles. The summed E-state index contributed by atoms with van der Waals surface area (Å²) in [6.07, 6.45) is 0. The largest absolute Gasteiger partial charge is 0.507 e. The van der Waals surface area contributed by atoms with Crippen LogP contribution < -0.4 is 5.32 Å². The van der Waals surface area contributed by atoms with Gasteiger partial charge in [-0.2, -0.15) is 0 Å². The number of phenolic OH excluding ortho intramolecular Hbond substituents is 1. The first kappa shape index (κ1) is 13.4. The molecule has 3 nitrogen and oxygen atoms in total. The van der Waals surface area contributed by atoms with E-state index >= 15 is 0 Å². The molecule has 1 aliphatic rings. The SMILES string of the molecule is CC1(C)C(NC(=O)c2ccc(Br)cc2O)C1(C)C. The van der Waals surface area contributed by atoms with E-state index in [0.29, 0.717) is 5.56 Å². The van der Waals surface area contributed by atoms with E-state index in [1.165, 1.54) is 6.07 Å². The van der Waals surface area contributed by atoms with Crippen LogP contribution in [0.2, 0.25) is 0 Å². The second-order valence-corrected chi connectivity index (χ2v) is 6.93. The highest BCUT2D eigenvalue weighted by molar-refractivity contribution is 9.10. The van der Waals surface area contributed by atoms with Crippen molar-refractivity contribution < 1.29 is 9.90 Å². The summed E-state index contributed by atoms with van der Waals surface area (Å²) in [4.78, 5) is 12.1. The fourth-order valence-corrected chi connectivity index (χ4v) is 2.81. The average Bonchev–Trinajstić information content (AvgIpc) is 2.60. The molecule has 0 radical (unpaired) electrons. The van der Waals surface area contributed by atoms with Gasteiger partial charge in [-0.1, -0.05) is 43.6 Å². The van der Waals surface area contributed by atoms with Crippen molar-refractivity contribution in [1.29, 1.82) is 0 Å². The molecular formula is C14H18BrNO2. The molecule has 1 fully saturated rings. The van der Waals surface area contributed by atoms with Crippen LogP contribution in [0.5, 0.6) is 5.75 Å². The molecule has 0 atom stereocenters. The fraction of sp³-hybridized carbons (Fsp3) is 0.500. The minimum atomic E-state index is -0.219. The van der Waals surface area contributed by atoms with Gasteiger partial charge in [-0.15, -0.1) is 0 Å². The molecule has 1 aromatic rings. The Morgan fingerprint density at radius 3 is 2.28 bits per heavy atom. The lowest BCUT2D eigenvalue weighted by atomic mass is 10.0. The molecule has 0 aromatic heterocycles. The van der Waals surface area contributed by atoms with Crippen molar-refractivity contribution in [2.45, 2.75) is 33.7 Å². The first-order chi connectivity index (χ1) is 8.18. The Balaban J connectivity index is 2.15. The number of halogens is 1. The topological polar surface area (TPSA) is 49.3 Å². The summed E-state index contributed by atoms with van der Waals surface area (Å²) in [6.45, 7) is 8.55. The molecule has 98 valence electrons. The van der Waals surface area contributed by atoms with Gasteiger partial charge in [0.15, 0.2) is 0 Å². The van der Waals surface area contributed by atoms with Gasteiger partial charge < -0.3 is 10.4 Å². The van der Waals surface area contributed by atoms with E-state index in [1.807, 2.05) is 0 Å². The Morgan fingerprint density at radius 1 is 1.28 bits per heavy atom. The maximum atomic E-state index is 12.1. The lowest BCUT2D eigenvalue weighted by Crippen LogP contribution is -2.29. The second kappa shape index (κ2) is 3.98. The third-order valence-corrected chi connectivity index (χ3v) is 4.99. The first-order valence-corrected chi connectivity index (χ1v) is 6.76. The fourth-order valence-electron chi connectivity index (χ4n) is 2.46. The van der Waals surface area contributed by atoms with Crippen LogP contribution in [0, 0.1) is 10.8 Å². The summed E-state index contributed by atoms with van der Waals surface area (Å²) >= 11 is 3.25. The third-order valence-electron chi connectivity index (χ3n) is 4.50. The maximum absolute atomic E-state index is 12.1. The minimum Gasteiger partial charge on any atom is -0.507 e. The highest BCUT2D eigenvalue weighted by Crippen LogP contribution is 2.62. The second-order valence-electron chi connectivity index (χ2n) is 6.01. The highest BCUT2D eigenvalue weighted by Gasteiger charge is 2.65. The number of aromatic hydroxyl groups is 1. The average molecular weight is 312 g/mol. The summed E-state index contributed by atoms with van der Waals surface area (Å²) in [6, 6.07) is 5.04. The van der Waals surface area contributed by atoms with E-state index in [0.717, 1.165) is 4.47 Å². The standard InChI is InChI=1S/C14H18BrNO2/c1-13(2)12(14(13,3)4)16-11(18)9-6-5-8(15)7-10(9)17/h5-7,12,17H,1-4H3,(H,16,18). The quantitative estimate of drug-likeness (QED) is 0.880. The van der Waals surface area contributed by atoms with Gasteiger partial charge in [-0.3, -0.25) is 4.79 Å². The van der Waals surface area contributed by atoms with E-state index in [4.69, 9.17) is 0 Å². The van der Waals surface area contributed by atoms with E-state index in [-0.39, 0.29) is 28.5 Å². The maximum Gasteiger partial charge on any atom is 0.255 e. The molecule has 0 saturated heterocycles.